The van der Waals surface area contributed by atoms with Crippen LogP contribution in [0.1, 0.15) is 0 Å². The molecule has 0 saturated heterocycles. The predicted molar refractivity (Wildman–Crippen MR) is 134 cm³/mol. The Labute approximate surface area is 202 Å². The second kappa shape index (κ2) is 9.71. The molecule has 2 aromatic carbocycles. The van der Waals surface area contributed by atoms with Crippen LogP contribution in [0.3, 0.4) is 0 Å². The number of fused-ring (bicyclic) bond motifs is 1. The molecule has 11 heteroatoms. The average Bonchev–Trinajstić information content (AvgIpc) is 3.14. The molecule has 0 aliphatic heterocycles. The van der Waals surface area contributed by atoms with Gasteiger partial charge in [-0.2, -0.15) is 0 Å². The van der Waals surface area contributed by atoms with E-state index in [0.717, 1.165) is 24.8 Å². The van der Waals surface area contributed by atoms with Crippen LogP contribution in [0.2, 0.25) is 0 Å². The predicted octanol–water partition coefficient (Wildman–Crippen LogP) is 3.64. The number of anilines is 4. The topological polar surface area (TPSA) is 97.4 Å². The quantitative estimate of drug-likeness (QED) is 0.368. The van der Waals surface area contributed by atoms with Gasteiger partial charge in [-0.3, -0.25) is 0 Å². The molecule has 0 aliphatic rings. The van der Waals surface area contributed by atoms with E-state index in [-0.39, 0.29) is 17.0 Å². The molecule has 4 rings (SSSR count). The minimum atomic E-state index is -0.690. The van der Waals surface area contributed by atoms with Gasteiger partial charge in [0.15, 0.2) is 11.6 Å². The lowest BCUT2D eigenvalue weighted by Crippen LogP contribution is -2.29. The van der Waals surface area contributed by atoms with Gasteiger partial charge in [0.1, 0.15) is 22.8 Å². The fourth-order valence-corrected chi connectivity index (χ4v) is 3.81. The average molecular weight is 483 g/mol. The van der Waals surface area contributed by atoms with Gasteiger partial charge in [0.05, 0.1) is 29.7 Å². The summed E-state index contributed by atoms with van der Waals surface area (Å²) in [7, 11) is 9.23. The fourth-order valence-electron chi connectivity index (χ4n) is 3.81. The van der Waals surface area contributed by atoms with Crippen molar-refractivity contribution in [2.24, 2.45) is 7.05 Å². The van der Waals surface area contributed by atoms with E-state index in [1.54, 1.807) is 32.5 Å². The number of ether oxygens (including phenoxy) is 1. The van der Waals surface area contributed by atoms with Crippen LogP contribution in [-0.2, 0) is 7.05 Å². The van der Waals surface area contributed by atoms with Gasteiger partial charge in [-0.05, 0) is 26.2 Å². The van der Waals surface area contributed by atoms with Crippen molar-refractivity contribution in [3.05, 3.63) is 48.2 Å². The van der Waals surface area contributed by atoms with Crippen molar-refractivity contribution in [2.45, 2.75) is 0 Å². The number of imidazole rings is 1. The van der Waals surface area contributed by atoms with Gasteiger partial charge in [-0.25, -0.2) is 23.7 Å². The van der Waals surface area contributed by atoms with Crippen LogP contribution in [0.4, 0.5) is 31.8 Å². The number of nitrogens with two attached hydrogens (primary N) is 1. The van der Waals surface area contributed by atoms with Crippen molar-refractivity contribution in [1.82, 2.24) is 24.4 Å². The van der Waals surface area contributed by atoms with Crippen molar-refractivity contribution in [2.75, 3.05) is 57.3 Å². The zero-order valence-electron chi connectivity index (χ0n) is 20.3. The van der Waals surface area contributed by atoms with Gasteiger partial charge >= 0.3 is 0 Å². The molecule has 0 fully saturated rings. The number of benzene rings is 2. The first kappa shape index (κ1) is 24.1. The van der Waals surface area contributed by atoms with Crippen molar-refractivity contribution < 1.29 is 13.5 Å². The normalized spacial score (nSPS) is 11.3. The first-order valence-electron chi connectivity index (χ1n) is 10.9. The highest BCUT2D eigenvalue weighted by atomic mass is 19.1. The number of likely N-dealkylation sites (N-methyl/N-ethyl adjacent to an activating group) is 2. The zero-order chi connectivity index (χ0) is 25.3. The van der Waals surface area contributed by atoms with Gasteiger partial charge in [0, 0.05) is 51.6 Å². The first-order chi connectivity index (χ1) is 16.7. The van der Waals surface area contributed by atoms with E-state index in [0.29, 0.717) is 28.6 Å². The van der Waals surface area contributed by atoms with E-state index in [4.69, 9.17) is 10.5 Å². The highest BCUT2D eigenvalue weighted by molar-refractivity contribution is 5.81. The lowest BCUT2D eigenvalue weighted by molar-refractivity contribution is 0.413. The van der Waals surface area contributed by atoms with Crippen LogP contribution in [0.15, 0.2) is 36.5 Å². The lowest BCUT2D eigenvalue weighted by atomic mass is 10.2. The summed E-state index contributed by atoms with van der Waals surface area (Å²) < 4.78 is 35.1. The summed E-state index contributed by atoms with van der Waals surface area (Å²) in [4.78, 5) is 17.3. The van der Waals surface area contributed by atoms with Crippen molar-refractivity contribution in [1.29, 1.82) is 0 Å². The Morgan fingerprint density at radius 1 is 1.09 bits per heavy atom. The Bertz CT molecular complexity index is 1370. The Kier molecular flexibility index (Phi) is 6.70. The van der Waals surface area contributed by atoms with Crippen LogP contribution in [0, 0.1) is 11.6 Å². The maximum Gasteiger partial charge on any atom is 0.227 e. The molecule has 0 saturated carbocycles. The third-order valence-corrected chi connectivity index (χ3v) is 5.66. The molecule has 0 spiro atoms. The Balaban J connectivity index is 1.65. The second-order valence-corrected chi connectivity index (χ2v) is 8.48. The number of aryl methyl sites for hydroxylation is 1. The molecule has 35 heavy (non-hydrogen) atoms. The number of methoxy groups -OCH3 is 1. The smallest absolute Gasteiger partial charge is 0.227 e. The van der Waals surface area contributed by atoms with Crippen LogP contribution in [0.25, 0.3) is 22.6 Å². The molecule has 2 heterocycles. The molecule has 3 N–H and O–H groups in total. The molecular formula is C24H28F2N8O. The van der Waals surface area contributed by atoms with Crippen LogP contribution >= 0.6 is 0 Å². The Morgan fingerprint density at radius 3 is 2.57 bits per heavy atom. The fraction of sp³-hybridized carbons (Fsp3) is 0.292. The van der Waals surface area contributed by atoms with E-state index >= 15 is 0 Å². The summed E-state index contributed by atoms with van der Waals surface area (Å²) in [6.07, 6.45) is 1.56. The molecule has 184 valence electrons. The molecule has 4 aromatic rings. The second-order valence-electron chi connectivity index (χ2n) is 8.48. The number of nitrogens with one attached hydrogen (secondary N) is 1. The van der Waals surface area contributed by atoms with E-state index < -0.39 is 11.6 Å². The van der Waals surface area contributed by atoms with E-state index in [1.165, 1.54) is 10.6 Å². The molecule has 0 bridgehead atoms. The highest BCUT2D eigenvalue weighted by Crippen LogP contribution is 2.36. The number of nitrogens with zero attached hydrogens (tertiary/aromatic N) is 6. The minimum Gasteiger partial charge on any atom is -0.494 e. The summed E-state index contributed by atoms with van der Waals surface area (Å²) in [5.41, 5.74) is 9.18. The van der Waals surface area contributed by atoms with Crippen molar-refractivity contribution >= 4 is 34.0 Å². The van der Waals surface area contributed by atoms with Gasteiger partial charge < -0.3 is 30.2 Å². The summed E-state index contributed by atoms with van der Waals surface area (Å²) in [5, 5.41) is 3.14. The number of rotatable bonds is 8. The summed E-state index contributed by atoms with van der Waals surface area (Å²) in [6, 6.07) is 7.30. The molecule has 9 nitrogen and oxygen atoms in total. The molecule has 0 radical (unpaired) electrons. The molecule has 2 aromatic heterocycles. The van der Waals surface area contributed by atoms with Gasteiger partial charge in [-0.1, -0.05) is 0 Å². The third kappa shape index (κ3) is 4.94. The number of aromatic nitrogens is 4. The third-order valence-electron chi connectivity index (χ3n) is 5.66. The van der Waals surface area contributed by atoms with Crippen LogP contribution in [0.5, 0.6) is 5.75 Å². The van der Waals surface area contributed by atoms with Crippen molar-refractivity contribution in [3.8, 4) is 17.3 Å². The molecule has 0 aliphatic carbocycles. The van der Waals surface area contributed by atoms with E-state index in [2.05, 4.69) is 30.1 Å². The maximum absolute atomic E-state index is 14.3. The van der Waals surface area contributed by atoms with Crippen LogP contribution in [-0.4, -0.2) is 65.8 Å². The van der Waals surface area contributed by atoms with Crippen LogP contribution < -0.4 is 20.7 Å². The van der Waals surface area contributed by atoms with Gasteiger partial charge in [0.25, 0.3) is 0 Å². The first-order valence-corrected chi connectivity index (χ1v) is 10.9. The lowest BCUT2D eigenvalue weighted by Gasteiger charge is -2.24. The zero-order valence-corrected chi connectivity index (χ0v) is 20.3. The van der Waals surface area contributed by atoms with Crippen molar-refractivity contribution in [3.63, 3.8) is 0 Å². The Morgan fingerprint density at radius 2 is 1.86 bits per heavy atom. The van der Waals surface area contributed by atoms with E-state index in [9.17, 15) is 8.78 Å². The number of nitrogen functional groups attached to an aromatic ring is 1. The molecule has 0 atom stereocenters. The van der Waals surface area contributed by atoms with Gasteiger partial charge in [0.2, 0.25) is 5.95 Å². The number of halogens is 2. The van der Waals surface area contributed by atoms with Gasteiger partial charge in [-0.15, -0.1) is 0 Å². The summed E-state index contributed by atoms with van der Waals surface area (Å²) >= 11 is 0. The molecular weight excluding hydrogens is 454 g/mol. The SMILES string of the molecule is COc1cc(N(C)CCN(C)C)c(N)cc1Nc1nccc(-c2nc3cc(F)cc(F)c3n2C)n1. The molecule has 0 unspecified atom stereocenters. The monoisotopic (exact) mass is 482 g/mol. The maximum atomic E-state index is 14.3. The Hall–Kier alpha value is -3.99. The molecule has 0 amide bonds. The largest absolute Gasteiger partial charge is 0.494 e. The van der Waals surface area contributed by atoms with E-state index in [1.807, 2.05) is 27.2 Å². The summed E-state index contributed by atoms with van der Waals surface area (Å²) in [5.74, 6) is -0.165. The minimum absolute atomic E-state index is 0.193. The number of hydrogen-bond acceptors (Lipinski definition) is 8. The highest BCUT2D eigenvalue weighted by Gasteiger charge is 2.17. The number of hydrogen-bond donors (Lipinski definition) is 2. The summed E-state index contributed by atoms with van der Waals surface area (Å²) in [6.45, 7) is 1.67. The standard InChI is InChI=1S/C24H28F2N8O/c1-32(2)8-9-33(3)20-13-21(35-5)18(12-16(20)27)31-24-28-7-6-17(30-24)23-29-19-11-14(25)10-15(26)22(19)34(23)4/h6-7,10-13H,8-9,27H2,1-5H3,(H,28,30,31).